The summed E-state index contributed by atoms with van der Waals surface area (Å²) in [6.45, 7) is 7.72. The Morgan fingerprint density at radius 2 is 1.86 bits per heavy atom. The number of ketones is 1. The van der Waals surface area contributed by atoms with Gasteiger partial charge in [0.25, 0.3) is 11.7 Å². The van der Waals surface area contributed by atoms with Gasteiger partial charge in [0.05, 0.1) is 18.7 Å². The van der Waals surface area contributed by atoms with Gasteiger partial charge in [0.1, 0.15) is 11.5 Å². The first kappa shape index (κ1) is 24.5. The number of carbonyl (C=O) groups is 2. The fourth-order valence-corrected chi connectivity index (χ4v) is 4.67. The van der Waals surface area contributed by atoms with Crippen molar-refractivity contribution >= 4 is 34.7 Å². The number of aromatic nitrogens is 1. The van der Waals surface area contributed by atoms with Crippen LogP contribution in [0.5, 0.6) is 5.75 Å². The third-order valence-corrected chi connectivity index (χ3v) is 6.56. The number of aryl methyl sites for hydroxylation is 2. The first-order chi connectivity index (χ1) is 16.6. The van der Waals surface area contributed by atoms with Gasteiger partial charge in [0.15, 0.2) is 0 Å². The second-order valence-electron chi connectivity index (χ2n) is 8.95. The highest BCUT2D eigenvalue weighted by atomic mass is 35.5. The van der Waals surface area contributed by atoms with E-state index in [9.17, 15) is 14.7 Å². The minimum atomic E-state index is -0.870. The van der Waals surface area contributed by atoms with E-state index in [0.29, 0.717) is 27.6 Å². The third kappa shape index (κ3) is 4.30. The summed E-state index contributed by atoms with van der Waals surface area (Å²) >= 11 is 6.26. The third-order valence-electron chi connectivity index (χ3n) is 6.33. The maximum Gasteiger partial charge on any atom is 0.300 e. The van der Waals surface area contributed by atoms with E-state index in [1.807, 2.05) is 39.8 Å². The van der Waals surface area contributed by atoms with Crippen LogP contribution in [0.4, 0.5) is 5.69 Å². The number of hydrogen-bond donors (Lipinski definition) is 1. The van der Waals surface area contributed by atoms with E-state index >= 15 is 0 Å². The van der Waals surface area contributed by atoms with Crippen molar-refractivity contribution in [3.63, 3.8) is 0 Å². The van der Waals surface area contributed by atoms with Crippen LogP contribution in [-0.4, -0.2) is 28.9 Å². The Hall–Kier alpha value is -3.64. The molecule has 0 aliphatic carbocycles. The predicted octanol–water partition coefficient (Wildman–Crippen LogP) is 6.11. The van der Waals surface area contributed by atoms with Gasteiger partial charge in [-0.1, -0.05) is 37.6 Å². The SMILES string of the molecule is COc1cc(C)c(/C(O)=C2\C(=O)C(=O)N(c3cc(Cl)ccc3C)C2c2cccnc2)cc1C(C)C. The molecule has 0 bridgehead atoms. The minimum absolute atomic E-state index is 0.00495. The molecule has 1 aliphatic rings. The molecule has 2 aromatic carbocycles. The molecule has 1 aliphatic heterocycles. The molecule has 7 heteroatoms. The molecule has 35 heavy (non-hydrogen) atoms. The van der Waals surface area contributed by atoms with Gasteiger partial charge in [-0.25, -0.2) is 0 Å². The van der Waals surface area contributed by atoms with E-state index in [2.05, 4.69) is 4.98 Å². The number of anilines is 1. The van der Waals surface area contributed by atoms with E-state index in [1.54, 1.807) is 49.8 Å². The summed E-state index contributed by atoms with van der Waals surface area (Å²) < 4.78 is 5.53. The molecule has 2 heterocycles. The number of hydrogen-bond acceptors (Lipinski definition) is 5. The molecular weight excluding hydrogens is 464 g/mol. The summed E-state index contributed by atoms with van der Waals surface area (Å²) in [6.07, 6.45) is 3.21. The van der Waals surface area contributed by atoms with Crippen molar-refractivity contribution in [3.8, 4) is 5.75 Å². The lowest BCUT2D eigenvalue weighted by Crippen LogP contribution is -2.30. The van der Waals surface area contributed by atoms with Crippen molar-refractivity contribution in [2.45, 2.75) is 39.7 Å². The molecule has 1 atom stereocenters. The molecule has 1 aromatic heterocycles. The Morgan fingerprint density at radius 1 is 1.11 bits per heavy atom. The minimum Gasteiger partial charge on any atom is -0.507 e. The van der Waals surface area contributed by atoms with Crippen molar-refractivity contribution < 1.29 is 19.4 Å². The lowest BCUT2D eigenvalue weighted by Gasteiger charge is -2.27. The van der Waals surface area contributed by atoms with E-state index in [-0.39, 0.29) is 17.3 Å². The molecule has 6 nitrogen and oxygen atoms in total. The molecule has 1 fully saturated rings. The number of benzene rings is 2. The Balaban J connectivity index is 2.00. The maximum absolute atomic E-state index is 13.4. The number of nitrogens with zero attached hydrogens (tertiary/aromatic N) is 2. The van der Waals surface area contributed by atoms with E-state index in [4.69, 9.17) is 16.3 Å². The predicted molar refractivity (Wildman–Crippen MR) is 137 cm³/mol. The number of aliphatic hydroxyl groups excluding tert-OH is 1. The van der Waals surface area contributed by atoms with Gasteiger partial charge < -0.3 is 9.84 Å². The van der Waals surface area contributed by atoms with Crippen LogP contribution in [0.3, 0.4) is 0 Å². The Morgan fingerprint density at radius 3 is 2.49 bits per heavy atom. The fraction of sp³-hybridized carbons (Fsp3) is 0.250. The van der Waals surface area contributed by atoms with E-state index < -0.39 is 17.7 Å². The number of halogens is 1. The van der Waals surface area contributed by atoms with Gasteiger partial charge in [-0.15, -0.1) is 0 Å². The van der Waals surface area contributed by atoms with Gasteiger partial charge in [-0.3, -0.25) is 19.5 Å². The lowest BCUT2D eigenvalue weighted by molar-refractivity contribution is -0.132. The highest BCUT2D eigenvalue weighted by Crippen LogP contribution is 2.44. The molecular formula is C28H27ClN2O4. The second kappa shape index (κ2) is 9.55. The van der Waals surface area contributed by atoms with Gasteiger partial charge in [0, 0.05) is 28.7 Å². The number of carbonyl (C=O) groups excluding carboxylic acids is 2. The zero-order valence-corrected chi connectivity index (χ0v) is 21.1. The highest BCUT2D eigenvalue weighted by molar-refractivity contribution is 6.52. The van der Waals surface area contributed by atoms with Gasteiger partial charge in [-0.05, 0) is 72.4 Å². The molecule has 180 valence electrons. The van der Waals surface area contributed by atoms with Crippen LogP contribution in [-0.2, 0) is 9.59 Å². The van der Waals surface area contributed by atoms with E-state index in [0.717, 1.165) is 16.7 Å². The summed E-state index contributed by atoms with van der Waals surface area (Å²) in [7, 11) is 1.60. The number of aliphatic hydroxyl groups is 1. The van der Waals surface area contributed by atoms with Gasteiger partial charge >= 0.3 is 0 Å². The normalized spacial score (nSPS) is 17.3. The average Bonchev–Trinajstić information content (AvgIpc) is 3.10. The standard InChI is InChI=1S/C28H27ClN2O4/c1-15(2)20-13-21(17(4)11-23(20)35-5)26(32)24-25(18-7-6-10-30-14-18)31(28(34)27(24)33)22-12-19(29)9-8-16(22)3/h6-15,25,32H,1-5H3/b26-24+. The van der Waals surface area contributed by atoms with Crippen LogP contribution < -0.4 is 9.64 Å². The summed E-state index contributed by atoms with van der Waals surface area (Å²) in [5, 5.41) is 12.0. The molecule has 0 spiro atoms. The Bertz CT molecular complexity index is 1350. The van der Waals surface area contributed by atoms with Crippen LogP contribution in [0.15, 0.2) is 60.4 Å². The average molecular weight is 491 g/mol. The molecule has 1 unspecified atom stereocenters. The monoisotopic (exact) mass is 490 g/mol. The first-order valence-electron chi connectivity index (χ1n) is 11.3. The smallest absolute Gasteiger partial charge is 0.300 e. The zero-order chi connectivity index (χ0) is 25.4. The van der Waals surface area contributed by atoms with Crippen LogP contribution >= 0.6 is 11.6 Å². The second-order valence-corrected chi connectivity index (χ2v) is 9.39. The summed E-state index contributed by atoms with van der Waals surface area (Å²) in [5.74, 6) is -0.921. The summed E-state index contributed by atoms with van der Waals surface area (Å²) in [6, 6.07) is 11.5. The number of Topliss-reactive ketones (excluding diaryl/α,β-unsaturated/α-hetero) is 1. The van der Waals surface area contributed by atoms with Crippen molar-refractivity contribution in [1.29, 1.82) is 0 Å². The van der Waals surface area contributed by atoms with Gasteiger partial charge in [-0.2, -0.15) is 0 Å². The van der Waals surface area contributed by atoms with Crippen molar-refractivity contribution in [1.82, 2.24) is 4.98 Å². The maximum atomic E-state index is 13.4. The summed E-state index contributed by atoms with van der Waals surface area (Å²) in [4.78, 5) is 32.4. The number of methoxy groups -OCH3 is 1. The molecule has 1 amide bonds. The van der Waals surface area contributed by atoms with Crippen LogP contribution in [0.1, 0.15) is 53.6 Å². The van der Waals surface area contributed by atoms with Crippen molar-refractivity contribution in [2.75, 3.05) is 12.0 Å². The zero-order valence-electron chi connectivity index (χ0n) is 20.3. The largest absolute Gasteiger partial charge is 0.507 e. The highest BCUT2D eigenvalue weighted by Gasteiger charge is 2.47. The van der Waals surface area contributed by atoms with Crippen LogP contribution in [0.2, 0.25) is 5.02 Å². The number of pyridine rings is 1. The topological polar surface area (TPSA) is 79.7 Å². The van der Waals surface area contributed by atoms with Crippen LogP contribution in [0, 0.1) is 13.8 Å². The molecule has 0 saturated carbocycles. The Labute approximate surface area is 209 Å². The Kier molecular flexibility index (Phi) is 6.68. The summed E-state index contributed by atoms with van der Waals surface area (Å²) in [5.41, 5.74) is 3.96. The lowest BCUT2D eigenvalue weighted by atomic mass is 9.91. The number of amides is 1. The molecule has 4 rings (SSSR count). The number of rotatable bonds is 5. The number of ether oxygens (including phenoxy) is 1. The van der Waals surface area contributed by atoms with Crippen molar-refractivity contribution in [2.24, 2.45) is 0 Å². The first-order valence-corrected chi connectivity index (χ1v) is 11.7. The van der Waals surface area contributed by atoms with Crippen LogP contribution in [0.25, 0.3) is 5.76 Å². The van der Waals surface area contributed by atoms with Gasteiger partial charge in [0.2, 0.25) is 0 Å². The molecule has 1 N–H and O–H groups in total. The van der Waals surface area contributed by atoms with Crippen molar-refractivity contribution in [3.05, 3.63) is 93.3 Å². The quantitative estimate of drug-likeness (QED) is 0.265. The molecule has 1 saturated heterocycles. The fourth-order valence-electron chi connectivity index (χ4n) is 4.50. The molecule has 3 aromatic rings. The molecule has 0 radical (unpaired) electrons. The van der Waals surface area contributed by atoms with E-state index in [1.165, 1.54) is 4.90 Å².